The Kier molecular flexibility index (Phi) is 24.4. The molecule has 8 nitrogen and oxygen atoms in total. The number of rotatable bonds is 25. The van der Waals surface area contributed by atoms with E-state index in [1.807, 2.05) is 6.92 Å². The molecule has 38 heavy (non-hydrogen) atoms. The zero-order valence-corrected chi connectivity index (χ0v) is 24.5. The molecule has 0 radical (unpaired) electrons. The van der Waals surface area contributed by atoms with Crippen molar-refractivity contribution in [3.05, 3.63) is 36.5 Å². The quantitative estimate of drug-likeness (QED) is 0.0511. The van der Waals surface area contributed by atoms with Crippen LogP contribution in [-0.4, -0.2) is 41.0 Å². The molecule has 9 heteroatoms. The van der Waals surface area contributed by atoms with Gasteiger partial charge in [0.1, 0.15) is 6.61 Å². The smallest absolute Gasteiger partial charge is 0.462 e. The molecule has 0 saturated heterocycles. The van der Waals surface area contributed by atoms with Crippen molar-refractivity contribution in [3.8, 4) is 0 Å². The summed E-state index contributed by atoms with van der Waals surface area (Å²) in [4.78, 5) is 41.4. The molecule has 0 aliphatic heterocycles. The molecule has 0 aromatic rings. The van der Waals surface area contributed by atoms with Gasteiger partial charge in [0.15, 0.2) is 6.10 Å². The first-order chi connectivity index (χ1) is 18.3. The first-order valence-electron chi connectivity index (χ1n) is 14.3. The van der Waals surface area contributed by atoms with Gasteiger partial charge in [-0.1, -0.05) is 88.8 Å². The van der Waals surface area contributed by atoms with Crippen LogP contribution in [-0.2, 0) is 28.2 Å². The molecule has 220 valence electrons. The lowest BCUT2D eigenvalue weighted by molar-refractivity contribution is -0.161. The zero-order valence-electron chi connectivity index (χ0n) is 23.6. The number of ether oxygens (including phenoxy) is 2. The molecule has 0 aliphatic rings. The molecule has 2 N–H and O–H groups in total. The summed E-state index contributed by atoms with van der Waals surface area (Å²) in [5.41, 5.74) is 0. The number of esters is 2. The Morgan fingerprint density at radius 3 is 1.82 bits per heavy atom. The third kappa shape index (κ3) is 27.3. The van der Waals surface area contributed by atoms with Crippen LogP contribution in [0.3, 0.4) is 0 Å². The van der Waals surface area contributed by atoms with Gasteiger partial charge in [0.05, 0.1) is 6.61 Å². The first-order valence-corrected chi connectivity index (χ1v) is 15.8. The maximum absolute atomic E-state index is 12.1. The molecule has 0 rings (SSSR count). The molecule has 0 heterocycles. The maximum atomic E-state index is 12.1. The largest absolute Gasteiger partial charge is 0.469 e. The van der Waals surface area contributed by atoms with Crippen molar-refractivity contribution >= 4 is 19.8 Å². The topological polar surface area (TPSA) is 119 Å². The van der Waals surface area contributed by atoms with Gasteiger partial charge >= 0.3 is 19.8 Å². The second-order valence-corrected chi connectivity index (χ2v) is 10.6. The molecule has 0 saturated carbocycles. The van der Waals surface area contributed by atoms with Crippen molar-refractivity contribution in [1.29, 1.82) is 0 Å². The van der Waals surface area contributed by atoms with E-state index in [1.165, 1.54) is 25.7 Å². The van der Waals surface area contributed by atoms with E-state index in [9.17, 15) is 14.2 Å². The highest BCUT2D eigenvalue weighted by Gasteiger charge is 2.22. The third-order valence-corrected chi connectivity index (χ3v) is 6.12. The average molecular weight is 559 g/mol. The fourth-order valence-electron chi connectivity index (χ4n) is 3.53. The minimum Gasteiger partial charge on any atom is -0.462 e. The summed E-state index contributed by atoms with van der Waals surface area (Å²) >= 11 is 0. The Bertz CT molecular complexity index is 726. The number of hydrogen-bond acceptors (Lipinski definition) is 6. The standard InChI is InChI=1S/C29H51O8P/c1-3-5-6-7-8-9-10-11-12-13-14-15-16-17-18-19-20-21-22-24-29(31)37-27(26-36-38(32,33)34)25-35-28(30)23-4-2/h8-9,11-12,14-15,27H,3-7,10,13,16-26H2,1-2H3,(H2,32,33,34)/b9-8-,12-11-,15-14-. The summed E-state index contributed by atoms with van der Waals surface area (Å²) in [6.07, 6.45) is 27.5. The van der Waals surface area contributed by atoms with Crippen LogP contribution in [0.1, 0.15) is 117 Å². The van der Waals surface area contributed by atoms with Crippen molar-refractivity contribution < 1.29 is 37.9 Å². The fraction of sp³-hybridized carbons (Fsp3) is 0.724. The lowest BCUT2D eigenvalue weighted by atomic mass is 10.1. The van der Waals surface area contributed by atoms with Crippen molar-refractivity contribution in [2.24, 2.45) is 0 Å². The predicted molar refractivity (Wildman–Crippen MR) is 151 cm³/mol. The average Bonchev–Trinajstić information content (AvgIpc) is 2.86. The van der Waals surface area contributed by atoms with Crippen LogP contribution in [0.5, 0.6) is 0 Å². The number of hydrogen-bond donors (Lipinski definition) is 2. The van der Waals surface area contributed by atoms with Crippen LogP contribution < -0.4 is 0 Å². The molecule has 0 amide bonds. The minimum absolute atomic E-state index is 0.195. The molecular weight excluding hydrogens is 507 g/mol. The number of phosphoric acid groups is 1. The van der Waals surface area contributed by atoms with E-state index < -0.39 is 32.5 Å². The van der Waals surface area contributed by atoms with Crippen LogP contribution in [0, 0.1) is 0 Å². The zero-order chi connectivity index (χ0) is 28.3. The highest BCUT2D eigenvalue weighted by atomic mass is 31.2. The van der Waals surface area contributed by atoms with Gasteiger partial charge in [-0.2, -0.15) is 0 Å². The van der Waals surface area contributed by atoms with Gasteiger partial charge in [0, 0.05) is 12.8 Å². The molecule has 0 aliphatic carbocycles. The third-order valence-electron chi connectivity index (χ3n) is 5.63. The van der Waals surface area contributed by atoms with Crippen molar-refractivity contribution in [3.63, 3.8) is 0 Å². The van der Waals surface area contributed by atoms with Crippen molar-refractivity contribution in [1.82, 2.24) is 0 Å². The van der Waals surface area contributed by atoms with Gasteiger partial charge in [-0.25, -0.2) is 4.57 Å². The fourth-order valence-corrected chi connectivity index (χ4v) is 3.89. The Morgan fingerprint density at radius 2 is 1.24 bits per heavy atom. The van der Waals surface area contributed by atoms with Crippen LogP contribution in [0.4, 0.5) is 0 Å². The van der Waals surface area contributed by atoms with E-state index >= 15 is 0 Å². The summed E-state index contributed by atoms with van der Waals surface area (Å²) in [7, 11) is -4.72. The van der Waals surface area contributed by atoms with E-state index in [0.717, 1.165) is 51.4 Å². The van der Waals surface area contributed by atoms with E-state index in [2.05, 4.69) is 47.9 Å². The Balaban J connectivity index is 3.84. The molecule has 0 aromatic carbocycles. The van der Waals surface area contributed by atoms with Gasteiger partial charge in [0.2, 0.25) is 0 Å². The SMILES string of the molecule is CCCCC/C=C\C/C=C\C/C=C\CCCCCCCCC(=O)OC(COC(=O)CCC)COP(=O)(O)O. The van der Waals surface area contributed by atoms with Gasteiger partial charge in [0.25, 0.3) is 0 Å². The lowest BCUT2D eigenvalue weighted by Gasteiger charge is -2.18. The van der Waals surface area contributed by atoms with E-state index in [-0.39, 0.29) is 19.4 Å². The van der Waals surface area contributed by atoms with Gasteiger partial charge in [-0.05, 0) is 51.4 Å². The predicted octanol–water partition coefficient (Wildman–Crippen LogP) is 7.50. The lowest BCUT2D eigenvalue weighted by Crippen LogP contribution is -2.29. The Labute approximate surface area is 230 Å². The summed E-state index contributed by atoms with van der Waals surface area (Å²) in [6, 6.07) is 0. The number of carbonyl (C=O) groups excluding carboxylic acids is 2. The van der Waals surface area contributed by atoms with Crippen LogP contribution in [0.2, 0.25) is 0 Å². The molecule has 0 spiro atoms. The second kappa shape index (κ2) is 25.5. The van der Waals surface area contributed by atoms with Gasteiger partial charge < -0.3 is 19.3 Å². The molecule has 1 unspecified atom stereocenters. The van der Waals surface area contributed by atoms with Crippen LogP contribution in [0.25, 0.3) is 0 Å². The number of phosphoric ester groups is 1. The normalized spacial score (nSPS) is 13.1. The Morgan fingerprint density at radius 1 is 0.684 bits per heavy atom. The minimum atomic E-state index is -4.72. The summed E-state index contributed by atoms with van der Waals surface area (Å²) in [5, 5.41) is 0. The molecule has 1 atom stereocenters. The summed E-state index contributed by atoms with van der Waals surface area (Å²) in [6.45, 7) is 3.20. The summed E-state index contributed by atoms with van der Waals surface area (Å²) in [5.74, 6) is -0.966. The molecule has 0 aromatic heterocycles. The highest BCUT2D eigenvalue weighted by molar-refractivity contribution is 7.46. The molecule has 0 bridgehead atoms. The molecule has 0 fully saturated rings. The summed E-state index contributed by atoms with van der Waals surface area (Å²) < 4.78 is 25.6. The van der Waals surface area contributed by atoms with Crippen LogP contribution >= 0.6 is 7.82 Å². The van der Waals surface area contributed by atoms with E-state index in [4.69, 9.17) is 19.3 Å². The van der Waals surface area contributed by atoms with Crippen LogP contribution in [0.15, 0.2) is 36.5 Å². The number of carbonyl (C=O) groups is 2. The number of allylic oxidation sites excluding steroid dienone is 6. The molecular formula is C29H51O8P. The first kappa shape index (κ1) is 36.3. The Hall–Kier alpha value is -1.73. The highest BCUT2D eigenvalue weighted by Crippen LogP contribution is 2.35. The second-order valence-electron chi connectivity index (χ2n) is 9.37. The van der Waals surface area contributed by atoms with Crippen molar-refractivity contribution in [2.45, 2.75) is 123 Å². The van der Waals surface area contributed by atoms with Crippen molar-refractivity contribution in [2.75, 3.05) is 13.2 Å². The van der Waals surface area contributed by atoms with E-state index in [0.29, 0.717) is 12.8 Å². The number of unbranched alkanes of at least 4 members (excludes halogenated alkanes) is 9. The maximum Gasteiger partial charge on any atom is 0.469 e. The monoisotopic (exact) mass is 558 g/mol. The van der Waals surface area contributed by atoms with Gasteiger partial charge in [-0.15, -0.1) is 0 Å². The van der Waals surface area contributed by atoms with Gasteiger partial charge in [-0.3, -0.25) is 14.1 Å². The van der Waals surface area contributed by atoms with E-state index in [1.54, 1.807) is 0 Å².